The van der Waals surface area contributed by atoms with Crippen molar-refractivity contribution in [3.05, 3.63) is 53.7 Å². The normalized spacial score (nSPS) is 10.8. The summed E-state index contributed by atoms with van der Waals surface area (Å²) in [7, 11) is 1.69. The van der Waals surface area contributed by atoms with Gasteiger partial charge in [-0.3, -0.25) is 0 Å². The molecule has 3 rings (SSSR count). The van der Waals surface area contributed by atoms with Crippen LogP contribution >= 0.6 is 0 Å². The summed E-state index contributed by atoms with van der Waals surface area (Å²) in [5.74, 6) is 0.852. The van der Waals surface area contributed by atoms with Gasteiger partial charge in [0.1, 0.15) is 5.75 Å². The Kier molecular flexibility index (Phi) is 3.11. The highest BCUT2D eigenvalue weighted by Gasteiger charge is 2.12. The number of fused-ring (bicyclic) bond motifs is 1. The molecule has 0 fully saturated rings. The number of aromatic nitrogens is 2. The molecular formula is C17H16N2O. The highest BCUT2D eigenvalue weighted by molar-refractivity contribution is 5.80. The molecule has 3 aromatic rings. The first kappa shape index (κ1) is 12.6. The molecule has 0 aliphatic heterocycles. The third-order valence-electron chi connectivity index (χ3n) is 3.38. The summed E-state index contributed by atoms with van der Waals surface area (Å²) in [6, 6.07) is 12.2. The lowest BCUT2D eigenvalue weighted by Crippen LogP contribution is -1.95. The van der Waals surface area contributed by atoms with Crippen LogP contribution in [0.2, 0.25) is 0 Å². The van der Waals surface area contributed by atoms with E-state index < -0.39 is 0 Å². The van der Waals surface area contributed by atoms with E-state index in [2.05, 4.69) is 29.9 Å². The Labute approximate surface area is 118 Å². The third-order valence-corrected chi connectivity index (χ3v) is 3.38. The van der Waals surface area contributed by atoms with Gasteiger partial charge in [0.2, 0.25) is 0 Å². The Morgan fingerprint density at radius 2 is 1.90 bits per heavy atom. The first-order valence-corrected chi connectivity index (χ1v) is 6.56. The Balaban J connectivity index is 2.25. The van der Waals surface area contributed by atoms with Crippen molar-refractivity contribution < 1.29 is 4.74 Å². The molecule has 2 heterocycles. The summed E-state index contributed by atoms with van der Waals surface area (Å²) in [6.45, 7) is 4.14. The molecule has 0 atom stereocenters. The molecule has 2 aromatic heterocycles. The average Bonchev–Trinajstić information content (AvgIpc) is 2.46. The van der Waals surface area contributed by atoms with E-state index in [1.54, 1.807) is 13.3 Å². The van der Waals surface area contributed by atoms with Crippen molar-refractivity contribution in [2.45, 2.75) is 13.8 Å². The molecule has 0 saturated carbocycles. The standard InChI is InChI=1S/C17H16N2O/c1-11-9-12(2)16(15(10-11)20-3)14-7-6-13-5-4-8-18-17(13)19-14/h4-10H,1-3H3. The van der Waals surface area contributed by atoms with Gasteiger partial charge >= 0.3 is 0 Å². The highest BCUT2D eigenvalue weighted by Crippen LogP contribution is 2.33. The summed E-state index contributed by atoms with van der Waals surface area (Å²) in [5.41, 5.74) is 5.02. The lowest BCUT2D eigenvalue weighted by molar-refractivity contribution is 0.415. The minimum absolute atomic E-state index is 0.757. The van der Waals surface area contributed by atoms with Crippen molar-refractivity contribution in [2.75, 3.05) is 7.11 Å². The molecule has 3 heteroatoms. The van der Waals surface area contributed by atoms with Crippen molar-refractivity contribution >= 4 is 11.0 Å². The Bertz CT molecular complexity index is 781. The van der Waals surface area contributed by atoms with E-state index in [0.29, 0.717) is 0 Å². The Hall–Kier alpha value is -2.42. The molecule has 0 saturated heterocycles. The van der Waals surface area contributed by atoms with Gasteiger partial charge in [0.05, 0.1) is 12.8 Å². The minimum atomic E-state index is 0.757. The number of nitrogens with zero attached hydrogens (tertiary/aromatic N) is 2. The van der Waals surface area contributed by atoms with Crippen LogP contribution in [0.5, 0.6) is 5.75 Å². The number of rotatable bonds is 2. The fourth-order valence-corrected chi connectivity index (χ4v) is 2.51. The summed E-state index contributed by atoms with van der Waals surface area (Å²) in [5, 5.41) is 1.04. The molecule has 1 aromatic carbocycles. The second-order valence-corrected chi connectivity index (χ2v) is 4.91. The highest BCUT2D eigenvalue weighted by atomic mass is 16.5. The van der Waals surface area contributed by atoms with E-state index in [1.165, 1.54) is 5.56 Å². The number of methoxy groups -OCH3 is 1. The SMILES string of the molecule is COc1cc(C)cc(C)c1-c1ccc2cccnc2n1. The molecule has 0 amide bonds. The zero-order chi connectivity index (χ0) is 14.1. The molecule has 0 N–H and O–H groups in total. The van der Waals surface area contributed by atoms with Crippen molar-refractivity contribution in [2.24, 2.45) is 0 Å². The van der Waals surface area contributed by atoms with Crippen LogP contribution in [0.15, 0.2) is 42.6 Å². The number of hydrogen-bond acceptors (Lipinski definition) is 3. The fraction of sp³-hybridized carbons (Fsp3) is 0.176. The van der Waals surface area contributed by atoms with E-state index in [9.17, 15) is 0 Å². The maximum atomic E-state index is 5.51. The quantitative estimate of drug-likeness (QED) is 0.703. The molecule has 3 nitrogen and oxygen atoms in total. The van der Waals surface area contributed by atoms with Gasteiger partial charge in [-0.1, -0.05) is 6.07 Å². The van der Waals surface area contributed by atoms with E-state index >= 15 is 0 Å². The van der Waals surface area contributed by atoms with Crippen molar-refractivity contribution in [3.63, 3.8) is 0 Å². The Morgan fingerprint density at radius 3 is 2.70 bits per heavy atom. The van der Waals surface area contributed by atoms with Gasteiger partial charge in [0, 0.05) is 17.1 Å². The largest absolute Gasteiger partial charge is 0.496 e. The van der Waals surface area contributed by atoms with Gasteiger partial charge in [0.15, 0.2) is 5.65 Å². The van der Waals surface area contributed by atoms with Gasteiger partial charge in [-0.2, -0.15) is 0 Å². The maximum absolute atomic E-state index is 5.51. The topological polar surface area (TPSA) is 35.0 Å². The van der Waals surface area contributed by atoms with Gasteiger partial charge in [-0.15, -0.1) is 0 Å². The lowest BCUT2D eigenvalue weighted by atomic mass is 10.0. The predicted octanol–water partition coefficient (Wildman–Crippen LogP) is 3.92. The first-order valence-electron chi connectivity index (χ1n) is 6.56. The average molecular weight is 264 g/mol. The number of pyridine rings is 2. The zero-order valence-corrected chi connectivity index (χ0v) is 11.8. The monoisotopic (exact) mass is 264 g/mol. The number of ether oxygens (including phenoxy) is 1. The van der Waals surface area contributed by atoms with E-state index in [0.717, 1.165) is 33.6 Å². The molecule has 0 unspecified atom stereocenters. The molecule has 100 valence electrons. The molecule has 0 radical (unpaired) electrons. The first-order chi connectivity index (χ1) is 9.69. The third kappa shape index (κ3) is 2.11. The van der Waals surface area contributed by atoms with Gasteiger partial charge in [-0.05, 0) is 55.3 Å². The van der Waals surface area contributed by atoms with Crippen molar-refractivity contribution in [1.82, 2.24) is 9.97 Å². The molecule has 20 heavy (non-hydrogen) atoms. The zero-order valence-electron chi connectivity index (χ0n) is 11.8. The number of benzene rings is 1. The van der Waals surface area contributed by atoms with Crippen LogP contribution in [-0.2, 0) is 0 Å². The minimum Gasteiger partial charge on any atom is -0.496 e. The lowest BCUT2D eigenvalue weighted by Gasteiger charge is -2.13. The van der Waals surface area contributed by atoms with E-state index in [4.69, 9.17) is 4.74 Å². The smallest absolute Gasteiger partial charge is 0.159 e. The second-order valence-electron chi connectivity index (χ2n) is 4.91. The van der Waals surface area contributed by atoms with Crippen LogP contribution < -0.4 is 4.74 Å². The van der Waals surface area contributed by atoms with Gasteiger partial charge < -0.3 is 4.74 Å². The van der Waals surface area contributed by atoms with Gasteiger partial charge in [-0.25, -0.2) is 9.97 Å². The number of aryl methyl sites for hydroxylation is 2. The number of hydrogen-bond donors (Lipinski definition) is 0. The molecule has 0 spiro atoms. The predicted molar refractivity (Wildman–Crippen MR) is 81.0 cm³/mol. The van der Waals surface area contributed by atoms with E-state index in [1.807, 2.05) is 30.3 Å². The van der Waals surface area contributed by atoms with Crippen LogP contribution in [0.1, 0.15) is 11.1 Å². The molecule has 0 bridgehead atoms. The van der Waals surface area contributed by atoms with Crippen molar-refractivity contribution in [3.8, 4) is 17.0 Å². The summed E-state index contributed by atoms with van der Waals surface area (Å²) < 4.78 is 5.51. The summed E-state index contributed by atoms with van der Waals surface area (Å²) in [6.07, 6.45) is 1.76. The summed E-state index contributed by atoms with van der Waals surface area (Å²) >= 11 is 0. The Morgan fingerprint density at radius 1 is 1.05 bits per heavy atom. The van der Waals surface area contributed by atoms with Gasteiger partial charge in [0.25, 0.3) is 0 Å². The van der Waals surface area contributed by atoms with E-state index in [-0.39, 0.29) is 0 Å². The van der Waals surface area contributed by atoms with Crippen molar-refractivity contribution in [1.29, 1.82) is 0 Å². The fourth-order valence-electron chi connectivity index (χ4n) is 2.51. The molecule has 0 aliphatic rings. The van der Waals surface area contributed by atoms with Crippen LogP contribution in [0.25, 0.3) is 22.3 Å². The second kappa shape index (κ2) is 4.93. The van der Waals surface area contributed by atoms with Crippen LogP contribution in [0, 0.1) is 13.8 Å². The summed E-state index contributed by atoms with van der Waals surface area (Å²) in [4.78, 5) is 8.97. The maximum Gasteiger partial charge on any atom is 0.159 e. The van der Waals surface area contributed by atoms with Crippen LogP contribution in [0.4, 0.5) is 0 Å². The molecular weight excluding hydrogens is 248 g/mol. The van der Waals surface area contributed by atoms with Crippen LogP contribution in [0.3, 0.4) is 0 Å². The van der Waals surface area contributed by atoms with Crippen LogP contribution in [-0.4, -0.2) is 17.1 Å². The molecule has 0 aliphatic carbocycles.